The van der Waals surface area contributed by atoms with Crippen molar-refractivity contribution in [2.24, 2.45) is 5.84 Å². The van der Waals surface area contributed by atoms with Crippen LogP contribution in [-0.2, 0) is 0 Å². The maximum Gasteiger partial charge on any atom is 0.0802 e. The van der Waals surface area contributed by atoms with Crippen molar-refractivity contribution in [3.63, 3.8) is 0 Å². The van der Waals surface area contributed by atoms with Crippen molar-refractivity contribution < 1.29 is 0 Å². The van der Waals surface area contributed by atoms with Gasteiger partial charge in [0.2, 0.25) is 0 Å². The second-order valence-corrected chi connectivity index (χ2v) is 5.31. The van der Waals surface area contributed by atoms with Gasteiger partial charge in [-0.1, -0.05) is 48.5 Å². The maximum absolute atomic E-state index is 5.72. The van der Waals surface area contributed by atoms with E-state index in [4.69, 9.17) is 5.84 Å². The second kappa shape index (κ2) is 4.90. The first-order valence-corrected chi connectivity index (χ1v) is 6.69. The summed E-state index contributed by atoms with van der Waals surface area (Å²) in [5.41, 5.74) is 4.09. The minimum atomic E-state index is 0.0589. The number of rotatable bonds is 3. The molecule has 0 aliphatic carbocycles. The van der Waals surface area contributed by atoms with E-state index >= 15 is 0 Å². The second-order valence-electron chi connectivity index (χ2n) is 4.20. The number of nitrogens with two attached hydrogens (primary N) is 1. The normalized spacial score (nSPS) is 12.7. The highest BCUT2D eigenvalue weighted by molar-refractivity contribution is 7.19. The molecular formula is C15H14N2S. The molecule has 1 unspecified atom stereocenters. The Morgan fingerprint density at radius 3 is 2.39 bits per heavy atom. The van der Waals surface area contributed by atoms with Gasteiger partial charge in [0.05, 0.1) is 6.04 Å². The molecule has 0 aliphatic rings. The van der Waals surface area contributed by atoms with Gasteiger partial charge in [0, 0.05) is 9.58 Å². The van der Waals surface area contributed by atoms with Gasteiger partial charge in [-0.25, -0.2) is 5.43 Å². The average molecular weight is 254 g/mol. The van der Waals surface area contributed by atoms with Crippen LogP contribution in [0.25, 0.3) is 10.1 Å². The van der Waals surface area contributed by atoms with E-state index in [-0.39, 0.29) is 6.04 Å². The number of thiophene rings is 1. The number of hydrogen-bond acceptors (Lipinski definition) is 3. The Bertz CT molecular complexity index is 613. The van der Waals surface area contributed by atoms with Crippen LogP contribution < -0.4 is 11.3 Å². The topological polar surface area (TPSA) is 38.0 Å². The number of hydrogen-bond donors (Lipinski definition) is 2. The van der Waals surface area contributed by atoms with Crippen LogP contribution in [0.4, 0.5) is 0 Å². The molecule has 0 radical (unpaired) electrons. The summed E-state index contributed by atoms with van der Waals surface area (Å²) in [6.45, 7) is 0. The molecule has 1 heterocycles. The molecule has 0 bridgehead atoms. The Morgan fingerprint density at radius 2 is 1.67 bits per heavy atom. The molecule has 3 N–H and O–H groups in total. The van der Waals surface area contributed by atoms with Crippen molar-refractivity contribution in [1.29, 1.82) is 0 Å². The van der Waals surface area contributed by atoms with E-state index in [0.717, 1.165) is 0 Å². The summed E-state index contributed by atoms with van der Waals surface area (Å²) in [7, 11) is 0. The fourth-order valence-corrected chi connectivity index (χ4v) is 3.29. The summed E-state index contributed by atoms with van der Waals surface area (Å²) in [4.78, 5) is 1.24. The molecule has 2 aromatic carbocycles. The molecule has 0 saturated heterocycles. The lowest BCUT2D eigenvalue weighted by Crippen LogP contribution is -2.28. The van der Waals surface area contributed by atoms with Gasteiger partial charge in [-0.3, -0.25) is 5.84 Å². The zero-order chi connectivity index (χ0) is 12.4. The van der Waals surface area contributed by atoms with Crippen molar-refractivity contribution in [1.82, 2.24) is 5.43 Å². The van der Waals surface area contributed by atoms with Crippen LogP contribution in [0.2, 0.25) is 0 Å². The lowest BCUT2D eigenvalue weighted by molar-refractivity contribution is 0.647. The predicted molar refractivity (Wildman–Crippen MR) is 77.4 cm³/mol. The van der Waals surface area contributed by atoms with E-state index in [1.54, 1.807) is 11.3 Å². The average Bonchev–Trinajstić information content (AvgIpc) is 2.84. The highest BCUT2D eigenvalue weighted by atomic mass is 32.1. The van der Waals surface area contributed by atoms with Crippen LogP contribution in [-0.4, -0.2) is 0 Å². The molecule has 1 aromatic heterocycles. The zero-order valence-corrected chi connectivity index (χ0v) is 10.7. The standard InChI is InChI=1S/C15H14N2S/c16-17-15(11-6-2-1-3-7-11)14-10-12-8-4-5-9-13(12)18-14/h1-10,15,17H,16H2. The van der Waals surface area contributed by atoms with Gasteiger partial charge in [0.25, 0.3) is 0 Å². The zero-order valence-electron chi connectivity index (χ0n) is 9.84. The summed E-state index contributed by atoms with van der Waals surface area (Å²) >= 11 is 1.78. The van der Waals surface area contributed by atoms with E-state index in [9.17, 15) is 0 Å². The van der Waals surface area contributed by atoms with Crippen LogP contribution in [0.15, 0.2) is 60.7 Å². The fraction of sp³-hybridized carbons (Fsp3) is 0.0667. The minimum absolute atomic E-state index is 0.0589. The maximum atomic E-state index is 5.72. The lowest BCUT2D eigenvalue weighted by Gasteiger charge is -2.14. The molecule has 0 amide bonds. The predicted octanol–water partition coefficient (Wildman–Crippen LogP) is 3.45. The van der Waals surface area contributed by atoms with Crippen molar-refractivity contribution >= 4 is 21.4 Å². The first-order chi connectivity index (χ1) is 8.88. The molecule has 3 heteroatoms. The van der Waals surface area contributed by atoms with Crippen molar-refractivity contribution in [2.75, 3.05) is 0 Å². The summed E-state index contributed by atoms with van der Waals surface area (Å²) in [5.74, 6) is 5.72. The van der Waals surface area contributed by atoms with Gasteiger partial charge >= 0.3 is 0 Å². The van der Waals surface area contributed by atoms with E-state index in [2.05, 4.69) is 47.9 Å². The monoisotopic (exact) mass is 254 g/mol. The van der Waals surface area contributed by atoms with E-state index < -0.39 is 0 Å². The van der Waals surface area contributed by atoms with Crippen LogP contribution in [0.5, 0.6) is 0 Å². The Labute approximate surface area is 110 Å². The van der Waals surface area contributed by atoms with Gasteiger partial charge in [0.1, 0.15) is 0 Å². The van der Waals surface area contributed by atoms with Gasteiger partial charge in [-0.15, -0.1) is 11.3 Å². The first-order valence-electron chi connectivity index (χ1n) is 5.88. The SMILES string of the molecule is NNC(c1ccccc1)c1cc2ccccc2s1. The molecule has 0 saturated carbocycles. The number of hydrazine groups is 1. The summed E-state index contributed by atoms with van der Waals surface area (Å²) < 4.78 is 1.30. The third kappa shape index (κ3) is 2.04. The lowest BCUT2D eigenvalue weighted by atomic mass is 10.1. The Kier molecular flexibility index (Phi) is 3.11. The third-order valence-electron chi connectivity index (χ3n) is 3.03. The molecule has 2 nitrogen and oxygen atoms in total. The van der Waals surface area contributed by atoms with Crippen LogP contribution >= 0.6 is 11.3 Å². The van der Waals surface area contributed by atoms with Crippen LogP contribution in [0.1, 0.15) is 16.5 Å². The highest BCUT2D eigenvalue weighted by Gasteiger charge is 2.14. The first kappa shape index (κ1) is 11.4. The van der Waals surface area contributed by atoms with Gasteiger partial charge in [0.15, 0.2) is 0 Å². The van der Waals surface area contributed by atoms with Gasteiger partial charge < -0.3 is 0 Å². The number of benzene rings is 2. The minimum Gasteiger partial charge on any atom is -0.271 e. The van der Waals surface area contributed by atoms with E-state index in [1.807, 2.05) is 18.2 Å². The smallest absolute Gasteiger partial charge is 0.0802 e. The molecule has 0 spiro atoms. The van der Waals surface area contributed by atoms with E-state index in [1.165, 1.54) is 20.5 Å². The van der Waals surface area contributed by atoms with E-state index in [0.29, 0.717) is 0 Å². The summed E-state index contributed by atoms with van der Waals surface area (Å²) in [6, 6.07) is 20.9. The van der Waals surface area contributed by atoms with Gasteiger partial charge in [-0.2, -0.15) is 0 Å². The fourth-order valence-electron chi connectivity index (χ4n) is 2.13. The molecule has 0 aliphatic heterocycles. The Hall–Kier alpha value is -1.68. The molecule has 90 valence electrons. The summed E-state index contributed by atoms with van der Waals surface area (Å²) in [5, 5.41) is 1.27. The van der Waals surface area contributed by atoms with Crippen LogP contribution in [0.3, 0.4) is 0 Å². The van der Waals surface area contributed by atoms with Crippen molar-refractivity contribution in [3.8, 4) is 0 Å². The quantitative estimate of drug-likeness (QED) is 0.555. The number of fused-ring (bicyclic) bond motifs is 1. The summed E-state index contributed by atoms with van der Waals surface area (Å²) in [6.07, 6.45) is 0. The Balaban J connectivity index is 2.06. The van der Waals surface area contributed by atoms with Crippen molar-refractivity contribution in [3.05, 3.63) is 71.1 Å². The molecule has 1 atom stereocenters. The molecule has 3 aromatic rings. The number of nitrogens with one attached hydrogen (secondary N) is 1. The van der Waals surface area contributed by atoms with Crippen molar-refractivity contribution in [2.45, 2.75) is 6.04 Å². The molecular weight excluding hydrogens is 240 g/mol. The van der Waals surface area contributed by atoms with Crippen LogP contribution in [0, 0.1) is 0 Å². The Morgan fingerprint density at radius 1 is 0.944 bits per heavy atom. The molecule has 18 heavy (non-hydrogen) atoms. The third-order valence-corrected chi connectivity index (χ3v) is 4.21. The molecule has 3 rings (SSSR count). The largest absolute Gasteiger partial charge is 0.271 e. The van der Waals surface area contributed by atoms with Gasteiger partial charge in [-0.05, 0) is 23.1 Å². The molecule has 0 fully saturated rings. The highest BCUT2D eigenvalue weighted by Crippen LogP contribution is 2.32.